The summed E-state index contributed by atoms with van der Waals surface area (Å²) in [5.74, 6) is 1.06. The van der Waals surface area contributed by atoms with E-state index < -0.39 is 0 Å². The van der Waals surface area contributed by atoms with Gasteiger partial charge < -0.3 is 10.1 Å². The summed E-state index contributed by atoms with van der Waals surface area (Å²) >= 11 is 5.44. The van der Waals surface area contributed by atoms with Crippen LogP contribution in [0.3, 0.4) is 0 Å². The Hall–Kier alpha value is -0.0300. The molecular weight excluding hydrogens is 298 g/mol. The van der Waals surface area contributed by atoms with Gasteiger partial charge in [0.2, 0.25) is 0 Å². The van der Waals surface area contributed by atoms with E-state index in [1.54, 1.807) is 0 Å². The van der Waals surface area contributed by atoms with E-state index in [1.807, 2.05) is 18.8 Å². The SMILES string of the molecule is CNCc1ccc(Br)cc1SCC1CCCO1. The van der Waals surface area contributed by atoms with E-state index in [-0.39, 0.29) is 0 Å². The molecule has 0 bridgehead atoms. The predicted octanol–water partition coefficient (Wildman–Crippen LogP) is 3.44. The summed E-state index contributed by atoms with van der Waals surface area (Å²) in [6, 6.07) is 6.48. The number of nitrogens with one attached hydrogen (secondary N) is 1. The van der Waals surface area contributed by atoms with E-state index in [1.165, 1.54) is 23.3 Å². The van der Waals surface area contributed by atoms with Crippen LogP contribution in [0.1, 0.15) is 18.4 Å². The van der Waals surface area contributed by atoms with Crippen molar-refractivity contribution in [3.8, 4) is 0 Å². The van der Waals surface area contributed by atoms with Gasteiger partial charge in [0.15, 0.2) is 0 Å². The van der Waals surface area contributed by atoms with Crippen molar-refractivity contribution in [2.45, 2.75) is 30.4 Å². The molecule has 1 unspecified atom stereocenters. The van der Waals surface area contributed by atoms with Crippen LogP contribution in [0.25, 0.3) is 0 Å². The molecule has 1 heterocycles. The van der Waals surface area contributed by atoms with E-state index >= 15 is 0 Å². The molecule has 0 saturated carbocycles. The van der Waals surface area contributed by atoms with Crippen molar-refractivity contribution in [2.75, 3.05) is 19.4 Å². The molecule has 94 valence electrons. The topological polar surface area (TPSA) is 21.3 Å². The first kappa shape index (κ1) is 13.4. The summed E-state index contributed by atoms with van der Waals surface area (Å²) in [5.41, 5.74) is 1.36. The number of hydrogen-bond acceptors (Lipinski definition) is 3. The van der Waals surface area contributed by atoms with Gasteiger partial charge in [-0.05, 0) is 37.6 Å². The third kappa shape index (κ3) is 3.98. The van der Waals surface area contributed by atoms with E-state index in [4.69, 9.17) is 4.74 Å². The highest BCUT2D eigenvalue weighted by atomic mass is 79.9. The Balaban J connectivity index is 1.99. The van der Waals surface area contributed by atoms with Crippen LogP contribution in [-0.4, -0.2) is 25.5 Å². The Morgan fingerprint density at radius 3 is 3.12 bits per heavy atom. The Kier molecular flexibility index (Phi) is 5.35. The highest BCUT2D eigenvalue weighted by Gasteiger charge is 2.16. The second-order valence-corrected chi connectivity index (χ2v) is 6.21. The van der Waals surface area contributed by atoms with Crippen molar-refractivity contribution < 1.29 is 4.74 Å². The largest absolute Gasteiger partial charge is 0.377 e. The third-order valence-electron chi connectivity index (χ3n) is 2.85. The lowest BCUT2D eigenvalue weighted by atomic mass is 10.2. The lowest BCUT2D eigenvalue weighted by molar-refractivity contribution is 0.129. The minimum absolute atomic E-state index is 0.446. The molecule has 1 N–H and O–H groups in total. The van der Waals surface area contributed by atoms with Crippen LogP contribution in [-0.2, 0) is 11.3 Å². The van der Waals surface area contributed by atoms with Crippen LogP contribution in [0.2, 0.25) is 0 Å². The molecule has 0 radical (unpaired) electrons. The maximum Gasteiger partial charge on any atom is 0.0669 e. The highest BCUT2D eigenvalue weighted by molar-refractivity contribution is 9.10. The monoisotopic (exact) mass is 315 g/mol. The minimum atomic E-state index is 0.446. The van der Waals surface area contributed by atoms with E-state index in [9.17, 15) is 0 Å². The molecule has 0 amide bonds. The fraction of sp³-hybridized carbons (Fsp3) is 0.538. The maximum absolute atomic E-state index is 5.66. The Labute approximate surface area is 116 Å². The summed E-state index contributed by atoms with van der Waals surface area (Å²) in [6.07, 6.45) is 2.87. The third-order valence-corrected chi connectivity index (χ3v) is 4.57. The van der Waals surface area contributed by atoms with Crippen LogP contribution < -0.4 is 5.32 Å². The van der Waals surface area contributed by atoms with Gasteiger partial charge in [0.25, 0.3) is 0 Å². The molecule has 1 aliphatic heterocycles. The summed E-state index contributed by atoms with van der Waals surface area (Å²) in [4.78, 5) is 1.35. The van der Waals surface area contributed by atoms with Gasteiger partial charge in [-0.3, -0.25) is 0 Å². The lowest BCUT2D eigenvalue weighted by Gasteiger charge is -2.12. The quantitative estimate of drug-likeness (QED) is 0.841. The molecule has 17 heavy (non-hydrogen) atoms. The molecular formula is C13H18BrNOS. The molecule has 1 saturated heterocycles. The molecule has 2 nitrogen and oxygen atoms in total. The van der Waals surface area contributed by atoms with Gasteiger partial charge in [-0.15, -0.1) is 11.8 Å². The van der Waals surface area contributed by atoms with Crippen molar-refractivity contribution in [1.29, 1.82) is 0 Å². The normalized spacial score (nSPS) is 19.8. The van der Waals surface area contributed by atoms with Crippen LogP contribution in [0, 0.1) is 0 Å². The predicted molar refractivity (Wildman–Crippen MR) is 76.6 cm³/mol. The molecule has 1 fully saturated rings. The van der Waals surface area contributed by atoms with Crippen molar-refractivity contribution in [2.24, 2.45) is 0 Å². The van der Waals surface area contributed by atoms with Crippen molar-refractivity contribution >= 4 is 27.7 Å². The summed E-state index contributed by atoms with van der Waals surface area (Å²) in [5, 5.41) is 3.21. The standard InChI is InChI=1S/C13H18BrNOS/c1-15-8-10-4-5-11(14)7-13(10)17-9-12-3-2-6-16-12/h4-5,7,12,15H,2-3,6,8-9H2,1H3. The molecule has 1 aromatic carbocycles. The van der Waals surface area contributed by atoms with Gasteiger partial charge in [0, 0.05) is 28.3 Å². The molecule has 1 atom stereocenters. The zero-order chi connectivity index (χ0) is 12.1. The Morgan fingerprint density at radius 1 is 1.53 bits per heavy atom. The van der Waals surface area contributed by atoms with Gasteiger partial charge in [-0.25, -0.2) is 0 Å². The molecule has 0 aliphatic carbocycles. The number of rotatable bonds is 5. The van der Waals surface area contributed by atoms with Gasteiger partial charge in [-0.1, -0.05) is 22.0 Å². The lowest BCUT2D eigenvalue weighted by Crippen LogP contribution is -2.09. The smallest absolute Gasteiger partial charge is 0.0669 e. The van der Waals surface area contributed by atoms with Crippen LogP contribution in [0.15, 0.2) is 27.6 Å². The second kappa shape index (κ2) is 6.78. The van der Waals surface area contributed by atoms with E-state index in [0.29, 0.717) is 6.10 Å². The van der Waals surface area contributed by atoms with Gasteiger partial charge in [-0.2, -0.15) is 0 Å². The molecule has 1 aliphatic rings. The van der Waals surface area contributed by atoms with Gasteiger partial charge in [0.05, 0.1) is 6.10 Å². The van der Waals surface area contributed by atoms with Gasteiger partial charge >= 0.3 is 0 Å². The number of benzene rings is 1. The number of halogens is 1. The molecule has 2 rings (SSSR count). The fourth-order valence-electron chi connectivity index (χ4n) is 1.96. The summed E-state index contributed by atoms with van der Waals surface area (Å²) < 4.78 is 6.80. The first-order valence-electron chi connectivity index (χ1n) is 5.97. The van der Waals surface area contributed by atoms with Crippen LogP contribution in [0.5, 0.6) is 0 Å². The summed E-state index contributed by atoms with van der Waals surface area (Å²) in [6.45, 7) is 1.86. The number of hydrogen-bond donors (Lipinski definition) is 1. The average molecular weight is 316 g/mol. The number of ether oxygens (including phenoxy) is 1. The van der Waals surface area contributed by atoms with Crippen LogP contribution in [0.4, 0.5) is 0 Å². The van der Waals surface area contributed by atoms with Crippen molar-refractivity contribution in [1.82, 2.24) is 5.32 Å². The first-order valence-corrected chi connectivity index (χ1v) is 7.75. The van der Waals surface area contributed by atoms with E-state index in [2.05, 4.69) is 39.4 Å². The molecule has 0 spiro atoms. The second-order valence-electron chi connectivity index (χ2n) is 4.23. The van der Waals surface area contributed by atoms with Crippen molar-refractivity contribution in [3.63, 3.8) is 0 Å². The minimum Gasteiger partial charge on any atom is -0.377 e. The average Bonchev–Trinajstić information content (AvgIpc) is 2.82. The first-order chi connectivity index (χ1) is 8.29. The zero-order valence-corrected chi connectivity index (χ0v) is 12.4. The molecule has 0 aromatic heterocycles. The zero-order valence-electron chi connectivity index (χ0n) is 10.0. The maximum atomic E-state index is 5.66. The van der Waals surface area contributed by atoms with Gasteiger partial charge in [0.1, 0.15) is 0 Å². The molecule has 1 aromatic rings. The summed E-state index contributed by atoms with van der Waals surface area (Å²) in [7, 11) is 1.98. The van der Waals surface area contributed by atoms with E-state index in [0.717, 1.165) is 23.4 Å². The Bertz CT molecular complexity index is 366. The Morgan fingerprint density at radius 2 is 2.41 bits per heavy atom. The fourth-order valence-corrected chi connectivity index (χ4v) is 3.63. The molecule has 4 heteroatoms. The van der Waals surface area contributed by atoms with Crippen LogP contribution >= 0.6 is 27.7 Å². The highest BCUT2D eigenvalue weighted by Crippen LogP contribution is 2.29. The van der Waals surface area contributed by atoms with Crippen molar-refractivity contribution in [3.05, 3.63) is 28.2 Å². The number of thioether (sulfide) groups is 1.